The lowest BCUT2D eigenvalue weighted by molar-refractivity contribution is -0.138. The van der Waals surface area contributed by atoms with E-state index in [1.807, 2.05) is 41.8 Å². The maximum absolute atomic E-state index is 13.9. The van der Waals surface area contributed by atoms with Gasteiger partial charge in [-0.2, -0.15) is 0 Å². The highest BCUT2D eigenvalue weighted by Crippen LogP contribution is 2.59. The normalized spacial score (nSPS) is 22.3. The summed E-state index contributed by atoms with van der Waals surface area (Å²) in [7, 11) is 1.60. The minimum Gasteiger partial charge on any atom is -0.497 e. The van der Waals surface area contributed by atoms with Crippen LogP contribution in [-0.4, -0.2) is 55.4 Å². The third kappa shape index (κ3) is 3.79. The van der Waals surface area contributed by atoms with Crippen molar-refractivity contribution in [2.75, 3.05) is 18.2 Å². The quantitative estimate of drug-likeness (QED) is 0.354. The molecule has 2 aliphatic rings. The minimum absolute atomic E-state index is 0.0211. The van der Waals surface area contributed by atoms with Crippen molar-refractivity contribution in [3.8, 4) is 5.75 Å². The van der Waals surface area contributed by atoms with Gasteiger partial charge in [-0.25, -0.2) is 15.0 Å². The van der Waals surface area contributed by atoms with E-state index in [0.717, 1.165) is 22.9 Å². The van der Waals surface area contributed by atoms with Crippen molar-refractivity contribution in [3.05, 3.63) is 46.8 Å². The fourth-order valence-corrected chi connectivity index (χ4v) is 5.92. The van der Waals surface area contributed by atoms with Crippen LogP contribution in [0.15, 0.2) is 41.3 Å². The average Bonchev–Trinajstić information content (AvgIpc) is 3.28. The molecule has 1 aliphatic carbocycles. The van der Waals surface area contributed by atoms with Crippen molar-refractivity contribution in [3.63, 3.8) is 0 Å². The van der Waals surface area contributed by atoms with Gasteiger partial charge in [-0.3, -0.25) is 9.59 Å². The van der Waals surface area contributed by atoms with E-state index in [0.29, 0.717) is 39.4 Å². The van der Waals surface area contributed by atoms with Crippen LogP contribution in [0.25, 0.3) is 21.9 Å². The summed E-state index contributed by atoms with van der Waals surface area (Å²) in [5, 5.41) is 4.42. The number of piperidine rings is 1. The third-order valence-electron chi connectivity index (χ3n) is 7.70. The van der Waals surface area contributed by atoms with Gasteiger partial charge in [-0.05, 0) is 70.9 Å². The summed E-state index contributed by atoms with van der Waals surface area (Å²) >= 11 is 3.36. The number of hydrogen-bond donors (Lipinski definition) is 2. The zero-order valence-corrected chi connectivity index (χ0v) is 22.2. The van der Waals surface area contributed by atoms with Crippen LogP contribution in [0, 0.1) is 12.3 Å². The number of fused-ring (bicyclic) bond motifs is 4. The van der Waals surface area contributed by atoms with Crippen LogP contribution >= 0.6 is 15.9 Å². The lowest BCUT2D eigenvalue weighted by Crippen LogP contribution is -2.46. The highest BCUT2D eigenvalue weighted by molar-refractivity contribution is 9.10. The van der Waals surface area contributed by atoms with E-state index in [1.165, 1.54) is 6.33 Å². The number of methoxy groups -OCH3 is 1. The van der Waals surface area contributed by atoms with Crippen LogP contribution < -0.4 is 15.8 Å². The molecule has 1 aliphatic heterocycles. The predicted octanol–water partition coefficient (Wildman–Crippen LogP) is 3.66. The van der Waals surface area contributed by atoms with Crippen molar-refractivity contribution >= 4 is 61.3 Å². The monoisotopic (exact) mass is 563 g/mol. The number of nitrogens with one attached hydrogen (secondary N) is 1. The lowest BCUT2D eigenvalue weighted by atomic mass is 10.0. The smallest absolute Gasteiger partial charge is 0.248 e. The number of benzene rings is 1. The largest absolute Gasteiger partial charge is 0.497 e. The molecular weight excluding hydrogens is 538 g/mol. The molecule has 190 valence electrons. The van der Waals surface area contributed by atoms with E-state index >= 15 is 0 Å². The molecule has 4 aromatic rings. The highest BCUT2D eigenvalue weighted by atomic mass is 79.9. The molecule has 0 radical (unpaired) electrons. The molecule has 1 saturated carbocycles. The van der Waals surface area contributed by atoms with E-state index in [4.69, 9.17) is 10.5 Å². The molecule has 37 heavy (non-hydrogen) atoms. The molecule has 3 atom stereocenters. The van der Waals surface area contributed by atoms with Gasteiger partial charge in [-0.15, -0.1) is 0 Å². The highest BCUT2D eigenvalue weighted by Gasteiger charge is 2.64. The Kier molecular flexibility index (Phi) is 5.37. The Labute approximate surface area is 221 Å². The van der Waals surface area contributed by atoms with E-state index in [2.05, 4.69) is 43.1 Å². The number of halogens is 1. The summed E-state index contributed by atoms with van der Waals surface area (Å²) in [5.41, 5.74) is 8.37. The van der Waals surface area contributed by atoms with Gasteiger partial charge in [-0.1, -0.05) is 13.0 Å². The average molecular weight is 564 g/mol. The van der Waals surface area contributed by atoms with Crippen LogP contribution in [0.2, 0.25) is 0 Å². The fraction of sp³-hybridized carbons (Fsp3) is 0.346. The molecule has 6 rings (SSSR count). The molecule has 11 heteroatoms. The van der Waals surface area contributed by atoms with E-state index in [1.54, 1.807) is 12.0 Å². The van der Waals surface area contributed by atoms with E-state index in [-0.39, 0.29) is 29.8 Å². The van der Waals surface area contributed by atoms with Gasteiger partial charge in [0.15, 0.2) is 0 Å². The number of amides is 2. The first-order valence-corrected chi connectivity index (χ1v) is 12.8. The number of likely N-dealkylation sites (tertiary alicyclic amines) is 1. The number of nitrogen functional groups attached to an aromatic ring is 1. The topological polar surface area (TPSA) is 128 Å². The molecular formula is C26H26BrN7O3. The molecule has 0 spiro atoms. The zero-order valence-electron chi connectivity index (χ0n) is 20.7. The van der Waals surface area contributed by atoms with Crippen molar-refractivity contribution < 1.29 is 14.3 Å². The second-order valence-corrected chi connectivity index (χ2v) is 10.9. The number of aryl methyl sites for hydroxylation is 1. The van der Waals surface area contributed by atoms with Crippen molar-refractivity contribution in [1.29, 1.82) is 0 Å². The Morgan fingerprint density at radius 1 is 1.24 bits per heavy atom. The maximum Gasteiger partial charge on any atom is 0.248 e. The van der Waals surface area contributed by atoms with Gasteiger partial charge in [0.25, 0.3) is 0 Å². The number of carbonyl (C=O) groups excluding carboxylic acids is 2. The van der Waals surface area contributed by atoms with Crippen molar-refractivity contribution in [1.82, 2.24) is 24.4 Å². The SMILES string of the molecule is COc1ccc2c(c1)c1c(N)ncnc1n2CC(=O)N1[C@H](C(=O)Nc2nc(Br)ccc2C)C[C@@]2(C)C[C@@H]12. The van der Waals surface area contributed by atoms with E-state index in [9.17, 15) is 9.59 Å². The number of anilines is 2. The van der Waals surface area contributed by atoms with Crippen LogP contribution in [0.4, 0.5) is 11.6 Å². The number of nitrogens with zero attached hydrogens (tertiary/aromatic N) is 5. The molecule has 10 nitrogen and oxygen atoms in total. The summed E-state index contributed by atoms with van der Waals surface area (Å²) in [4.78, 5) is 42.1. The molecule has 4 heterocycles. The Morgan fingerprint density at radius 3 is 2.84 bits per heavy atom. The number of pyridine rings is 1. The summed E-state index contributed by atoms with van der Waals surface area (Å²) in [6.07, 6.45) is 2.89. The van der Waals surface area contributed by atoms with Gasteiger partial charge in [0, 0.05) is 11.4 Å². The maximum atomic E-state index is 13.9. The summed E-state index contributed by atoms with van der Waals surface area (Å²) in [6.45, 7) is 4.04. The molecule has 1 saturated heterocycles. The lowest BCUT2D eigenvalue weighted by Gasteiger charge is -2.27. The van der Waals surface area contributed by atoms with Gasteiger partial charge >= 0.3 is 0 Å². The molecule has 0 bridgehead atoms. The van der Waals surface area contributed by atoms with Gasteiger partial charge in [0.2, 0.25) is 11.8 Å². The van der Waals surface area contributed by atoms with Crippen LogP contribution in [0.1, 0.15) is 25.3 Å². The number of ether oxygens (including phenoxy) is 1. The fourth-order valence-electron chi connectivity index (χ4n) is 5.61. The predicted molar refractivity (Wildman–Crippen MR) is 143 cm³/mol. The van der Waals surface area contributed by atoms with Gasteiger partial charge < -0.3 is 25.3 Å². The van der Waals surface area contributed by atoms with Crippen molar-refractivity contribution in [2.45, 2.75) is 45.3 Å². The van der Waals surface area contributed by atoms with Gasteiger partial charge in [0.05, 0.1) is 18.0 Å². The first kappa shape index (κ1) is 23.7. The van der Waals surface area contributed by atoms with E-state index < -0.39 is 6.04 Å². The Balaban J connectivity index is 1.35. The van der Waals surface area contributed by atoms with Crippen LogP contribution in [0.3, 0.4) is 0 Å². The second kappa shape index (κ2) is 8.41. The molecule has 3 aromatic heterocycles. The minimum atomic E-state index is -0.579. The standard InChI is InChI=1S/C26H26BrN7O3/c1-13-4-7-19(27)31-23(13)32-25(36)17-9-26(2)10-18(26)34(17)20(35)11-33-16-6-5-14(37-3)8-15(16)21-22(28)29-12-30-24(21)33/h4-8,12,17-18H,9-11H2,1-3H3,(H2,28,29,30)(H,31,32,36)/t17-,18+,26-/m0/s1. The molecule has 2 amide bonds. The van der Waals surface area contributed by atoms with Crippen LogP contribution in [-0.2, 0) is 16.1 Å². The Bertz CT molecular complexity index is 1600. The Hall–Kier alpha value is -3.73. The zero-order chi connectivity index (χ0) is 26.1. The molecule has 1 aromatic carbocycles. The molecule has 3 N–H and O–H groups in total. The number of carbonyl (C=O) groups is 2. The molecule has 2 fully saturated rings. The first-order chi connectivity index (χ1) is 17.7. The summed E-state index contributed by atoms with van der Waals surface area (Å²) in [6, 6.07) is 8.75. The number of hydrogen-bond acceptors (Lipinski definition) is 7. The van der Waals surface area contributed by atoms with Crippen LogP contribution in [0.5, 0.6) is 5.75 Å². The summed E-state index contributed by atoms with van der Waals surface area (Å²) < 4.78 is 7.88. The molecule has 0 unspecified atom stereocenters. The second-order valence-electron chi connectivity index (χ2n) is 10.1. The van der Waals surface area contributed by atoms with Crippen molar-refractivity contribution in [2.24, 2.45) is 5.41 Å². The number of nitrogens with two attached hydrogens (primary N) is 1. The van der Waals surface area contributed by atoms with Gasteiger partial charge in [0.1, 0.15) is 46.5 Å². The number of rotatable bonds is 5. The first-order valence-electron chi connectivity index (χ1n) is 12.0. The number of aromatic nitrogens is 4. The Morgan fingerprint density at radius 2 is 2.05 bits per heavy atom. The third-order valence-corrected chi connectivity index (χ3v) is 8.14. The summed E-state index contributed by atoms with van der Waals surface area (Å²) in [5.74, 6) is 1.12.